The van der Waals surface area contributed by atoms with Crippen molar-refractivity contribution in [3.8, 4) is 21.8 Å². The van der Waals surface area contributed by atoms with Crippen molar-refractivity contribution in [3.63, 3.8) is 0 Å². The van der Waals surface area contributed by atoms with Crippen molar-refractivity contribution >= 4 is 32.5 Å². The summed E-state index contributed by atoms with van der Waals surface area (Å²) < 4.78 is 1.19. The van der Waals surface area contributed by atoms with Gasteiger partial charge in [0.05, 0.1) is 15.9 Å². The maximum atomic E-state index is 4.51. The molecule has 5 rings (SSSR count). The summed E-state index contributed by atoms with van der Waals surface area (Å²) in [6.07, 6.45) is 0. The van der Waals surface area contributed by atoms with E-state index in [4.69, 9.17) is 0 Å². The van der Waals surface area contributed by atoms with Crippen molar-refractivity contribution in [2.24, 2.45) is 0 Å². The average molecular weight is 315 g/mol. The Balaban J connectivity index is 1.68. The highest BCUT2D eigenvalue weighted by Crippen LogP contribution is 2.38. The summed E-state index contributed by atoms with van der Waals surface area (Å²) >= 11 is 1.77. The van der Waals surface area contributed by atoms with Gasteiger partial charge in [-0.2, -0.15) is 5.10 Å². The van der Waals surface area contributed by atoms with Gasteiger partial charge < -0.3 is 4.98 Å². The van der Waals surface area contributed by atoms with Crippen molar-refractivity contribution < 1.29 is 0 Å². The second-order valence-electron chi connectivity index (χ2n) is 5.56. The largest absolute Gasteiger partial charge is 0.353 e. The SMILES string of the molecule is c1ccc(-c2cc3[nH]nc(-c4cc5ccccc5[nH]4)c3s2)cc1. The van der Waals surface area contributed by atoms with Crippen LogP contribution in [0.3, 0.4) is 0 Å². The van der Waals surface area contributed by atoms with E-state index in [0.29, 0.717) is 0 Å². The Morgan fingerprint density at radius 2 is 1.65 bits per heavy atom. The van der Waals surface area contributed by atoms with Crippen LogP contribution in [0.4, 0.5) is 0 Å². The van der Waals surface area contributed by atoms with Crippen LogP contribution in [0.2, 0.25) is 0 Å². The molecule has 110 valence electrons. The molecule has 0 atom stereocenters. The van der Waals surface area contributed by atoms with Gasteiger partial charge in [0.25, 0.3) is 0 Å². The Morgan fingerprint density at radius 3 is 2.52 bits per heavy atom. The number of H-pyrrole nitrogens is 2. The van der Waals surface area contributed by atoms with Crippen LogP contribution in [0.1, 0.15) is 0 Å². The number of benzene rings is 2. The lowest BCUT2D eigenvalue weighted by molar-refractivity contribution is 1.12. The summed E-state index contributed by atoms with van der Waals surface area (Å²) in [6, 6.07) is 23.1. The van der Waals surface area contributed by atoms with E-state index in [-0.39, 0.29) is 0 Å². The van der Waals surface area contributed by atoms with E-state index in [2.05, 4.69) is 69.8 Å². The number of aromatic nitrogens is 3. The van der Waals surface area contributed by atoms with Crippen molar-refractivity contribution in [2.75, 3.05) is 0 Å². The number of para-hydroxylation sites is 1. The summed E-state index contributed by atoms with van der Waals surface area (Å²) in [7, 11) is 0. The predicted molar refractivity (Wildman–Crippen MR) is 96.7 cm³/mol. The quantitative estimate of drug-likeness (QED) is 0.447. The van der Waals surface area contributed by atoms with Gasteiger partial charge in [-0.25, -0.2) is 0 Å². The second kappa shape index (κ2) is 4.83. The number of rotatable bonds is 2. The summed E-state index contributed by atoms with van der Waals surface area (Å²) in [6.45, 7) is 0. The minimum Gasteiger partial charge on any atom is -0.353 e. The first-order valence-corrected chi connectivity index (χ1v) is 8.31. The van der Waals surface area contributed by atoms with E-state index in [9.17, 15) is 0 Å². The molecule has 2 aromatic carbocycles. The monoisotopic (exact) mass is 315 g/mol. The number of aromatic amines is 2. The van der Waals surface area contributed by atoms with Gasteiger partial charge in [-0.15, -0.1) is 11.3 Å². The zero-order valence-electron chi connectivity index (χ0n) is 12.2. The zero-order valence-corrected chi connectivity index (χ0v) is 13.0. The molecule has 3 heterocycles. The van der Waals surface area contributed by atoms with Crippen LogP contribution < -0.4 is 0 Å². The Labute approximate surface area is 136 Å². The fraction of sp³-hybridized carbons (Fsp3) is 0. The van der Waals surface area contributed by atoms with Gasteiger partial charge in [0.15, 0.2) is 0 Å². The third-order valence-electron chi connectivity index (χ3n) is 4.08. The molecule has 3 aromatic heterocycles. The topological polar surface area (TPSA) is 44.5 Å². The molecule has 4 heteroatoms. The molecule has 0 bridgehead atoms. The smallest absolute Gasteiger partial charge is 0.126 e. The fourth-order valence-electron chi connectivity index (χ4n) is 2.95. The third kappa shape index (κ3) is 1.99. The Kier molecular flexibility index (Phi) is 2.66. The summed E-state index contributed by atoms with van der Waals surface area (Å²) in [5.41, 5.74) is 5.51. The van der Waals surface area contributed by atoms with E-state index in [1.807, 2.05) is 12.1 Å². The lowest BCUT2D eigenvalue weighted by Crippen LogP contribution is -1.77. The van der Waals surface area contributed by atoms with Gasteiger partial charge in [-0.1, -0.05) is 48.5 Å². The van der Waals surface area contributed by atoms with Crippen LogP contribution in [0.15, 0.2) is 66.7 Å². The highest BCUT2D eigenvalue weighted by molar-refractivity contribution is 7.22. The lowest BCUT2D eigenvalue weighted by Gasteiger charge is -1.95. The number of thiophene rings is 1. The van der Waals surface area contributed by atoms with Gasteiger partial charge in [0.2, 0.25) is 0 Å². The number of nitrogens with zero attached hydrogens (tertiary/aromatic N) is 1. The summed E-state index contributed by atoms with van der Waals surface area (Å²) in [4.78, 5) is 4.72. The summed E-state index contributed by atoms with van der Waals surface area (Å²) in [5.74, 6) is 0. The maximum Gasteiger partial charge on any atom is 0.126 e. The van der Waals surface area contributed by atoms with Crippen LogP contribution >= 0.6 is 11.3 Å². The highest BCUT2D eigenvalue weighted by Gasteiger charge is 2.14. The second-order valence-corrected chi connectivity index (χ2v) is 6.61. The number of fused-ring (bicyclic) bond motifs is 2. The molecule has 0 aliphatic carbocycles. The van der Waals surface area contributed by atoms with Gasteiger partial charge in [-0.3, -0.25) is 5.10 Å². The highest BCUT2D eigenvalue weighted by atomic mass is 32.1. The van der Waals surface area contributed by atoms with E-state index < -0.39 is 0 Å². The molecule has 0 aliphatic heterocycles. The van der Waals surface area contributed by atoms with Crippen molar-refractivity contribution in [3.05, 3.63) is 66.7 Å². The van der Waals surface area contributed by atoms with Crippen LogP contribution in [-0.4, -0.2) is 15.2 Å². The average Bonchev–Trinajstić information content (AvgIpc) is 3.28. The molecule has 0 spiro atoms. The first-order chi connectivity index (χ1) is 11.4. The molecule has 5 aromatic rings. The van der Waals surface area contributed by atoms with Gasteiger partial charge in [0, 0.05) is 15.8 Å². The number of hydrogen-bond acceptors (Lipinski definition) is 2. The van der Waals surface area contributed by atoms with E-state index in [1.54, 1.807) is 11.3 Å². The van der Waals surface area contributed by atoms with Crippen LogP contribution in [0, 0.1) is 0 Å². The zero-order chi connectivity index (χ0) is 15.2. The first kappa shape index (κ1) is 12.7. The molecule has 0 fully saturated rings. The minimum absolute atomic E-state index is 0.989. The number of hydrogen-bond donors (Lipinski definition) is 2. The van der Waals surface area contributed by atoms with E-state index >= 15 is 0 Å². The molecule has 0 aliphatic rings. The molecule has 0 unspecified atom stereocenters. The van der Waals surface area contributed by atoms with Gasteiger partial charge in [0.1, 0.15) is 5.69 Å². The maximum absolute atomic E-state index is 4.51. The third-order valence-corrected chi connectivity index (χ3v) is 5.27. The number of nitrogens with one attached hydrogen (secondary N) is 2. The Bertz CT molecular complexity index is 1080. The molecule has 0 saturated carbocycles. The van der Waals surface area contributed by atoms with Crippen LogP contribution in [-0.2, 0) is 0 Å². The molecular formula is C19H13N3S. The Hall–Kier alpha value is -2.85. The predicted octanol–water partition coefficient (Wildman–Crippen LogP) is 5.44. The molecule has 0 amide bonds. The standard InChI is InChI=1S/C19H13N3S/c1-2-6-12(7-3-1)17-11-16-19(23-17)18(22-21-16)15-10-13-8-4-5-9-14(13)20-15/h1-11,20H,(H,21,22). The van der Waals surface area contributed by atoms with Gasteiger partial charge in [-0.05, 0) is 23.8 Å². The first-order valence-electron chi connectivity index (χ1n) is 7.50. The van der Waals surface area contributed by atoms with Crippen molar-refractivity contribution in [1.29, 1.82) is 0 Å². The minimum atomic E-state index is 0.989. The normalized spacial score (nSPS) is 11.5. The summed E-state index contributed by atoms with van der Waals surface area (Å²) in [5, 5.41) is 8.88. The van der Waals surface area contributed by atoms with E-state index in [1.165, 1.54) is 20.5 Å². The van der Waals surface area contributed by atoms with Gasteiger partial charge >= 0.3 is 0 Å². The fourth-order valence-corrected chi connectivity index (χ4v) is 4.06. The molecule has 0 radical (unpaired) electrons. The Morgan fingerprint density at radius 1 is 0.826 bits per heavy atom. The molecule has 0 saturated heterocycles. The molecule has 23 heavy (non-hydrogen) atoms. The molecule has 2 N–H and O–H groups in total. The van der Waals surface area contributed by atoms with Crippen LogP contribution in [0.5, 0.6) is 0 Å². The lowest BCUT2D eigenvalue weighted by atomic mass is 10.2. The molecular weight excluding hydrogens is 302 g/mol. The van der Waals surface area contributed by atoms with Crippen molar-refractivity contribution in [1.82, 2.24) is 15.2 Å². The van der Waals surface area contributed by atoms with Crippen LogP contribution in [0.25, 0.3) is 42.9 Å². The van der Waals surface area contributed by atoms with Crippen molar-refractivity contribution in [2.45, 2.75) is 0 Å². The van der Waals surface area contributed by atoms with E-state index in [0.717, 1.165) is 22.4 Å². The molecule has 3 nitrogen and oxygen atoms in total.